The zero-order valence-corrected chi connectivity index (χ0v) is 16.3. The molecular weight excluding hydrogens is 350 g/mol. The van der Waals surface area contributed by atoms with Crippen molar-refractivity contribution < 1.29 is 23.8 Å². The molecule has 0 saturated carbocycles. The van der Waals surface area contributed by atoms with Crippen molar-refractivity contribution in [2.75, 3.05) is 51.8 Å². The maximum absolute atomic E-state index is 12.8. The average Bonchev–Trinajstić information content (AvgIpc) is 3.00. The Morgan fingerprint density at radius 3 is 2.41 bits per heavy atom. The first-order chi connectivity index (χ1) is 12.9. The van der Waals surface area contributed by atoms with Gasteiger partial charge in [-0.3, -0.25) is 9.69 Å². The lowest BCUT2D eigenvalue weighted by Gasteiger charge is -2.36. The van der Waals surface area contributed by atoms with Crippen molar-refractivity contribution in [3.63, 3.8) is 0 Å². The SMILES string of the molecule is COc1ccc(N2CCN(CC(=O)N3CC(C)OC(C)C3)C2=O)cc1OC. The number of urea groups is 1. The number of hydrogen-bond acceptors (Lipinski definition) is 5. The van der Waals surface area contributed by atoms with E-state index in [0.717, 1.165) is 5.69 Å². The number of carbonyl (C=O) groups excluding carboxylic acids is 2. The minimum atomic E-state index is -0.176. The second-order valence-electron chi connectivity index (χ2n) is 6.95. The van der Waals surface area contributed by atoms with Crippen LogP contribution in [0.2, 0.25) is 0 Å². The summed E-state index contributed by atoms with van der Waals surface area (Å²) < 4.78 is 16.2. The van der Waals surface area contributed by atoms with Crippen LogP contribution in [-0.2, 0) is 9.53 Å². The van der Waals surface area contributed by atoms with E-state index in [1.54, 1.807) is 41.1 Å². The molecule has 2 aliphatic rings. The molecule has 1 aromatic carbocycles. The number of nitrogens with zero attached hydrogens (tertiary/aromatic N) is 3. The Hall–Kier alpha value is -2.48. The molecule has 0 bridgehead atoms. The number of ether oxygens (including phenoxy) is 3. The van der Waals surface area contributed by atoms with Crippen molar-refractivity contribution in [1.82, 2.24) is 9.80 Å². The lowest BCUT2D eigenvalue weighted by molar-refractivity contribution is -0.143. The van der Waals surface area contributed by atoms with Crippen LogP contribution in [-0.4, -0.2) is 80.9 Å². The summed E-state index contributed by atoms with van der Waals surface area (Å²) in [5.74, 6) is 1.13. The fourth-order valence-electron chi connectivity index (χ4n) is 3.61. The largest absolute Gasteiger partial charge is 0.493 e. The highest BCUT2D eigenvalue weighted by Crippen LogP contribution is 2.32. The zero-order chi connectivity index (χ0) is 19.6. The van der Waals surface area contributed by atoms with Gasteiger partial charge in [-0.05, 0) is 26.0 Å². The molecule has 2 fully saturated rings. The first-order valence-corrected chi connectivity index (χ1v) is 9.14. The molecule has 2 atom stereocenters. The minimum Gasteiger partial charge on any atom is -0.493 e. The smallest absolute Gasteiger partial charge is 0.325 e. The molecule has 2 unspecified atom stereocenters. The fraction of sp³-hybridized carbons (Fsp3) is 0.579. The molecule has 8 nitrogen and oxygen atoms in total. The third-order valence-corrected chi connectivity index (χ3v) is 4.87. The Morgan fingerprint density at radius 2 is 1.78 bits per heavy atom. The average molecular weight is 377 g/mol. The van der Waals surface area contributed by atoms with E-state index in [-0.39, 0.29) is 30.7 Å². The second-order valence-corrected chi connectivity index (χ2v) is 6.95. The zero-order valence-electron chi connectivity index (χ0n) is 16.3. The summed E-state index contributed by atoms with van der Waals surface area (Å²) in [5, 5.41) is 0. The molecule has 148 valence electrons. The first kappa shape index (κ1) is 19.3. The van der Waals surface area contributed by atoms with Gasteiger partial charge in [-0.2, -0.15) is 0 Å². The van der Waals surface area contributed by atoms with Crippen LogP contribution in [0.25, 0.3) is 0 Å². The van der Waals surface area contributed by atoms with Crippen molar-refractivity contribution in [2.24, 2.45) is 0 Å². The van der Waals surface area contributed by atoms with Crippen LogP contribution in [0.1, 0.15) is 13.8 Å². The van der Waals surface area contributed by atoms with Gasteiger partial charge < -0.3 is 24.0 Å². The lowest BCUT2D eigenvalue weighted by atomic mass is 10.2. The number of carbonyl (C=O) groups is 2. The molecule has 0 radical (unpaired) electrons. The Morgan fingerprint density at radius 1 is 1.11 bits per heavy atom. The van der Waals surface area contributed by atoms with Crippen molar-refractivity contribution in [3.8, 4) is 11.5 Å². The van der Waals surface area contributed by atoms with Gasteiger partial charge in [-0.1, -0.05) is 0 Å². The van der Waals surface area contributed by atoms with Gasteiger partial charge in [0.05, 0.1) is 26.4 Å². The number of rotatable bonds is 5. The van der Waals surface area contributed by atoms with E-state index in [4.69, 9.17) is 14.2 Å². The number of anilines is 1. The minimum absolute atomic E-state index is 0.00948. The Labute approximate surface area is 159 Å². The molecule has 1 aromatic rings. The van der Waals surface area contributed by atoms with Gasteiger partial charge >= 0.3 is 6.03 Å². The predicted octanol–water partition coefficient (Wildman–Crippen LogP) is 1.58. The molecule has 2 saturated heterocycles. The summed E-state index contributed by atoms with van der Waals surface area (Å²) in [4.78, 5) is 30.5. The molecule has 0 aromatic heterocycles. The van der Waals surface area contributed by atoms with E-state index in [1.807, 2.05) is 19.9 Å². The molecule has 3 amide bonds. The van der Waals surface area contributed by atoms with Crippen LogP contribution in [0.3, 0.4) is 0 Å². The summed E-state index contributed by atoms with van der Waals surface area (Å²) in [6, 6.07) is 5.18. The molecule has 0 N–H and O–H groups in total. The van der Waals surface area contributed by atoms with E-state index >= 15 is 0 Å². The standard InChI is InChI=1S/C19H27N3O5/c1-13-10-21(11-14(2)27-13)18(23)12-20-7-8-22(19(20)24)15-5-6-16(25-3)17(9-15)26-4/h5-6,9,13-14H,7-8,10-12H2,1-4H3. The van der Waals surface area contributed by atoms with Crippen molar-refractivity contribution in [3.05, 3.63) is 18.2 Å². The van der Waals surface area contributed by atoms with Crippen molar-refractivity contribution in [1.29, 1.82) is 0 Å². The molecule has 2 aliphatic heterocycles. The number of methoxy groups -OCH3 is 2. The highest BCUT2D eigenvalue weighted by atomic mass is 16.5. The fourth-order valence-corrected chi connectivity index (χ4v) is 3.61. The maximum Gasteiger partial charge on any atom is 0.325 e. The van der Waals surface area contributed by atoms with Crippen LogP contribution in [0.15, 0.2) is 18.2 Å². The van der Waals surface area contributed by atoms with E-state index in [9.17, 15) is 9.59 Å². The summed E-state index contributed by atoms with van der Waals surface area (Å²) in [7, 11) is 3.13. The van der Waals surface area contributed by atoms with Crippen LogP contribution >= 0.6 is 0 Å². The monoisotopic (exact) mass is 377 g/mol. The van der Waals surface area contributed by atoms with E-state index in [2.05, 4.69) is 0 Å². The molecule has 27 heavy (non-hydrogen) atoms. The molecule has 3 rings (SSSR count). The van der Waals surface area contributed by atoms with Gasteiger partial charge in [-0.15, -0.1) is 0 Å². The summed E-state index contributed by atoms with van der Waals surface area (Å²) in [6.45, 7) is 6.15. The first-order valence-electron chi connectivity index (χ1n) is 9.14. The van der Waals surface area contributed by atoms with Gasteiger partial charge in [0.25, 0.3) is 0 Å². The van der Waals surface area contributed by atoms with Crippen LogP contribution in [0.5, 0.6) is 11.5 Å². The highest BCUT2D eigenvalue weighted by molar-refractivity contribution is 5.96. The van der Waals surface area contributed by atoms with E-state index < -0.39 is 0 Å². The Kier molecular flexibility index (Phi) is 5.74. The van der Waals surface area contributed by atoms with Crippen LogP contribution in [0.4, 0.5) is 10.5 Å². The predicted molar refractivity (Wildman–Crippen MR) is 100 cm³/mol. The maximum atomic E-state index is 12.8. The van der Waals surface area contributed by atoms with E-state index in [1.165, 1.54) is 0 Å². The van der Waals surface area contributed by atoms with Crippen LogP contribution in [0, 0.1) is 0 Å². The quantitative estimate of drug-likeness (QED) is 0.779. The number of morpholine rings is 1. The van der Waals surface area contributed by atoms with Gasteiger partial charge in [0.1, 0.15) is 6.54 Å². The topological polar surface area (TPSA) is 71.5 Å². The van der Waals surface area contributed by atoms with Crippen molar-refractivity contribution >= 4 is 17.6 Å². The van der Waals surface area contributed by atoms with Gasteiger partial charge in [0.2, 0.25) is 5.91 Å². The molecule has 2 heterocycles. The van der Waals surface area contributed by atoms with Gasteiger partial charge in [0.15, 0.2) is 11.5 Å². The van der Waals surface area contributed by atoms with Gasteiger partial charge in [-0.25, -0.2) is 4.79 Å². The summed E-state index contributed by atoms with van der Waals surface area (Å²) in [5.41, 5.74) is 0.723. The van der Waals surface area contributed by atoms with Crippen LogP contribution < -0.4 is 14.4 Å². The molecule has 0 aliphatic carbocycles. The van der Waals surface area contributed by atoms with Crippen molar-refractivity contribution in [2.45, 2.75) is 26.1 Å². The Bertz CT molecular complexity index is 701. The molecule has 8 heteroatoms. The summed E-state index contributed by atoms with van der Waals surface area (Å²) >= 11 is 0. The number of amides is 3. The normalized spacial score (nSPS) is 23.0. The highest BCUT2D eigenvalue weighted by Gasteiger charge is 2.34. The number of hydrogen-bond donors (Lipinski definition) is 0. The van der Waals surface area contributed by atoms with E-state index in [0.29, 0.717) is 37.7 Å². The number of benzene rings is 1. The summed E-state index contributed by atoms with van der Waals surface area (Å²) in [6.07, 6.45) is 0.0190. The second kappa shape index (κ2) is 8.04. The third kappa shape index (κ3) is 4.10. The Balaban J connectivity index is 1.65. The molecule has 0 spiro atoms. The van der Waals surface area contributed by atoms with Gasteiger partial charge in [0, 0.05) is 37.9 Å². The third-order valence-electron chi connectivity index (χ3n) is 4.87. The molecular formula is C19H27N3O5. The lowest BCUT2D eigenvalue weighted by Crippen LogP contribution is -2.51.